The molecule has 1 aromatic carbocycles. The van der Waals surface area contributed by atoms with Crippen molar-refractivity contribution < 1.29 is 13.2 Å². The van der Waals surface area contributed by atoms with Crippen molar-refractivity contribution in [2.75, 3.05) is 19.3 Å². The molecule has 0 aliphatic carbocycles. The number of hydrogen-bond donors (Lipinski definition) is 3. The molecule has 1 amide bonds. The van der Waals surface area contributed by atoms with Crippen LogP contribution in [0.4, 0.5) is 5.69 Å². The van der Waals surface area contributed by atoms with Crippen molar-refractivity contribution >= 4 is 33.2 Å². The van der Waals surface area contributed by atoms with Gasteiger partial charge in [0.05, 0.1) is 10.4 Å². The summed E-state index contributed by atoms with van der Waals surface area (Å²) in [5, 5.41) is 2.52. The van der Waals surface area contributed by atoms with Crippen LogP contribution in [0.5, 0.6) is 0 Å². The first kappa shape index (κ1) is 16.7. The predicted molar refractivity (Wildman–Crippen MR) is 78.9 cm³/mol. The number of benzene rings is 1. The molecule has 0 bridgehead atoms. The number of nitrogen functional groups attached to an aromatic ring is 1. The molecule has 0 atom stereocenters. The second-order valence-electron chi connectivity index (χ2n) is 4.98. The predicted octanol–water partition coefficient (Wildman–Crippen LogP) is 0.973. The zero-order valence-electron chi connectivity index (χ0n) is 11.5. The Morgan fingerprint density at radius 2 is 2.00 bits per heavy atom. The smallest absolute Gasteiger partial charge is 0.242 e. The highest BCUT2D eigenvalue weighted by molar-refractivity contribution is 7.89. The third-order valence-corrected chi connectivity index (χ3v) is 4.68. The summed E-state index contributed by atoms with van der Waals surface area (Å²) in [6, 6.07) is 4.14. The minimum absolute atomic E-state index is 0.0373. The summed E-state index contributed by atoms with van der Waals surface area (Å²) >= 11 is 5.88. The van der Waals surface area contributed by atoms with E-state index < -0.39 is 15.4 Å². The maximum absolute atomic E-state index is 12.2. The van der Waals surface area contributed by atoms with Crippen LogP contribution in [0.15, 0.2) is 23.1 Å². The molecule has 0 aliphatic heterocycles. The van der Waals surface area contributed by atoms with Gasteiger partial charge < -0.3 is 11.1 Å². The van der Waals surface area contributed by atoms with Crippen molar-refractivity contribution in [3.63, 3.8) is 0 Å². The first-order valence-corrected chi connectivity index (χ1v) is 7.73. The van der Waals surface area contributed by atoms with Gasteiger partial charge in [-0.05, 0) is 32.0 Å². The quantitative estimate of drug-likeness (QED) is 0.704. The van der Waals surface area contributed by atoms with Crippen LogP contribution in [0.25, 0.3) is 0 Å². The van der Waals surface area contributed by atoms with Crippen molar-refractivity contribution in [1.29, 1.82) is 0 Å². The first-order valence-electron chi connectivity index (χ1n) is 5.87. The molecule has 112 valence electrons. The van der Waals surface area contributed by atoms with E-state index in [0.717, 1.165) is 0 Å². The summed E-state index contributed by atoms with van der Waals surface area (Å²) in [7, 11) is -2.30. The topological polar surface area (TPSA) is 101 Å². The molecule has 1 rings (SSSR count). The van der Waals surface area contributed by atoms with Gasteiger partial charge in [0.2, 0.25) is 15.9 Å². The van der Waals surface area contributed by atoms with Crippen LogP contribution in [0, 0.1) is 5.41 Å². The third-order valence-electron chi connectivity index (χ3n) is 2.79. The SMILES string of the molecule is CNC(=O)C(C)(C)CNS(=O)(=O)c1ccc(N)cc1Cl. The minimum Gasteiger partial charge on any atom is -0.399 e. The average Bonchev–Trinajstić information content (AvgIpc) is 2.35. The van der Waals surface area contributed by atoms with Crippen molar-refractivity contribution in [3.05, 3.63) is 23.2 Å². The number of sulfonamides is 1. The second-order valence-corrected chi connectivity index (χ2v) is 7.12. The van der Waals surface area contributed by atoms with Crippen LogP contribution >= 0.6 is 11.6 Å². The number of hydrogen-bond acceptors (Lipinski definition) is 4. The summed E-state index contributed by atoms with van der Waals surface area (Å²) < 4.78 is 26.7. The fourth-order valence-electron chi connectivity index (χ4n) is 1.51. The fourth-order valence-corrected chi connectivity index (χ4v) is 3.27. The first-order chi connectivity index (χ1) is 9.10. The lowest BCUT2D eigenvalue weighted by Crippen LogP contribution is -2.43. The lowest BCUT2D eigenvalue weighted by Gasteiger charge is -2.22. The Morgan fingerprint density at radius 1 is 1.40 bits per heavy atom. The molecule has 0 saturated carbocycles. The van der Waals surface area contributed by atoms with Gasteiger partial charge in [-0.1, -0.05) is 11.6 Å². The number of carbonyl (C=O) groups is 1. The molecule has 20 heavy (non-hydrogen) atoms. The Balaban J connectivity index is 2.94. The number of carbonyl (C=O) groups excluding carboxylic acids is 1. The number of nitrogens with two attached hydrogens (primary N) is 1. The van der Waals surface area contributed by atoms with Gasteiger partial charge in [0, 0.05) is 19.3 Å². The normalized spacial score (nSPS) is 12.2. The monoisotopic (exact) mass is 319 g/mol. The van der Waals surface area contributed by atoms with Crippen molar-refractivity contribution in [3.8, 4) is 0 Å². The molecule has 0 saturated heterocycles. The van der Waals surface area contributed by atoms with E-state index in [-0.39, 0.29) is 22.4 Å². The Hall–Kier alpha value is -1.31. The summed E-state index contributed by atoms with van der Waals surface area (Å²) in [6.45, 7) is 3.23. The number of amides is 1. The minimum atomic E-state index is -3.80. The maximum atomic E-state index is 12.2. The van der Waals surface area contributed by atoms with E-state index in [1.807, 2.05) is 0 Å². The molecule has 0 aromatic heterocycles. The molecule has 0 aliphatic rings. The largest absolute Gasteiger partial charge is 0.399 e. The molecule has 0 fully saturated rings. The standard InChI is InChI=1S/C12H18ClN3O3S/c1-12(2,11(17)15-3)7-16-20(18,19)10-5-4-8(14)6-9(10)13/h4-6,16H,7,14H2,1-3H3,(H,15,17). The van der Waals surface area contributed by atoms with E-state index in [0.29, 0.717) is 5.69 Å². The van der Waals surface area contributed by atoms with Crippen molar-refractivity contribution in [2.24, 2.45) is 5.41 Å². The summed E-state index contributed by atoms with van der Waals surface area (Å²) in [6.07, 6.45) is 0. The number of halogens is 1. The molecular weight excluding hydrogens is 302 g/mol. The molecule has 8 heteroatoms. The zero-order chi connectivity index (χ0) is 15.6. The van der Waals surface area contributed by atoms with Crippen LogP contribution in [0.2, 0.25) is 5.02 Å². The summed E-state index contributed by atoms with van der Waals surface area (Å²) in [5.74, 6) is -0.261. The zero-order valence-corrected chi connectivity index (χ0v) is 13.1. The van der Waals surface area contributed by atoms with Crippen molar-refractivity contribution in [2.45, 2.75) is 18.7 Å². The number of rotatable bonds is 5. The van der Waals surface area contributed by atoms with Crippen LogP contribution < -0.4 is 15.8 Å². The van der Waals surface area contributed by atoms with E-state index in [1.165, 1.54) is 25.2 Å². The number of nitrogens with one attached hydrogen (secondary N) is 2. The summed E-state index contributed by atoms with van der Waals surface area (Å²) in [4.78, 5) is 11.5. The molecule has 0 heterocycles. The molecule has 4 N–H and O–H groups in total. The Morgan fingerprint density at radius 3 is 2.50 bits per heavy atom. The molecule has 0 unspecified atom stereocenters. The molecule has 1 aromatic rings. The lowest BCUT2D eigenvalue weighted by molar-refractivity contribution is -0.128. The van der Waals surface area contributed by atoms with E-state index in [2.05, 4.69) is 10.0 Å². The van der Waals surface area contributed by atoms with Gasteiger partial charge in [-0.15, -0.1) is 0 Å². The van der Waals surface area contributed by atoms with Crippen LogP contribution in [-0.4, -0.2) is 27.9 Å². The number of anilines is 1. The third kappa shape index (κ3) is 3.84. The highest BCUT2D eigenvalue weighted by Gasteiger charge is 2.29. The van der Waals surface area contributed by atoms with E-state index in [9.17, 15) is 13.2 Å². The van der Waals surface area contributed by atoms with Crippen LogP contribution in [0.1, 0.15) is 13.8 Å². The highest BCUT2D eigenvalue weighted by atomic mass is 35.5. The maximum Gasteiger partial charge on any atom is 0.242 e. The molecule has 0 radical (unpaired) electrons. The van der Waals surface area contributed by atoms with Crippen LogP contribution in [0.3, 0.4) is 0 Å². The van der Waals surface area contributed by atoms with Gasteiger partial charge in [0.1, 0.15) is 4.90 Å². The van der Waals surface area contributed by atoms with Crippen LogP contribution in [-0.2, 0) is 14.8 Å². The van der Waals surface area contributed by atoms with Gasteiger partial charge in [-0.3, -0.25) is 4.79 Å². The Kier molecular flexibility index (Phi) is 5.01. The lowest BCUT2D eigenvalue weighted by atomic mass is 9.93. The van der Waals surface area contributed by atoms with Crippen molar-refractivity contribution in [1.82, 2.24) is 10.0 Å². The fraction of sp³-hybridized carbons (Fsp3) is 0.417. The van der Waals surface area contributed by atoms with E-state index in [1.54, 1.807) is 13.8 Å². The van der Waals surface area contributed by atoms with Gasteiger partial charge >= 0.3 is 0 Å². The van der Waals surface area contributed by atoms with E-state index >= 15 is 0 Å². The molecule has 6 nitrogen and oxygen atoms in total. The Labute approximate surface area is 123 Å². The van der Waals surface area contributed by atoms with Gasteiger partial charge in [0.25, 0.3) is 0 Å². The average molecular weight is 320 g/mol. The Bertz CT molecular complexity index is 614. The van der Waals surface area contributed by atoms with Gasteiger partial charge in [-0.25, -0.2) is 13.1 Å². The van der Waals surface area contributed by atoms with E-state index in [4.69, 9.17) is 17.3 Å². The highest BCUT2D eigenvalue weighted by Crippen LogP contribution is 2.24. The summed E-state index contributed by atoms with van der Waals surface area (Å²) in [5.41, 5.74) is 5.02. The van der Waals surface area contributed by atoms with Gasteiger partial charge in [0.15, 0.2) is 0 Å². The molecular formula is C12H18ClN3O3S. The van der Waals surface area contributed by atoms with Gasteiger partial charge in [-0.2, -0.15) is 0 Å². The molecule has 0 spiro atoms. The second kappa shape index (κ2) is 5.99.